The van der Waals surface area contributed by atoms with Crippen LogP contribution in [-0.4, -0.2) is 57.2 Å². The van der Waals surface area contributed by atoms with E-state index in [9.17, 15) is 0 Å². The maximum atomic E-state index is 8.20. The van der Waals surface area contributed by atoms with Crippen LogP contribution in [0.5, 0.6) is 0 Å². The van der Waals surface area contributed by atoms with Crippen LogP contribution in [0.15, 0.2) is 0 Å². The summed E-state index contributed by atoms with van der Waals surface area (Å²) in [5, 5.41) is 8.20. The van der Waals surface area contributed by atoms with Gasteiger partial charge in [-0.3, -0.25) is 0 Å². The molecule has 0 aliphatic carbocycles. The van der Waals surface area contributed by atoms with Crippen molar-refractivity contribution in [1.29, 1.82) is 0 Å². The monoisotopic (exact) mass is 178 g/mol. The van der Waals surface area contributed by atoms with Crippen LogP contribution < -0.4 is 0 Å². The summed E-state index contributed by atoms with van der Waals surface area (Å²) in [6.07, 6.45) is 3.33. The van der Waals surface area contributed by atoms with Crippen molar-refractivity contribution in [2.24, 2.45) is 0 Å². The fourth-order valence-electron chi connectivity index (χ4n) is 0.362. The van der Waals surface area contributed by atoms with E-state index in [-0.39, 0.29) is 45.5 Å². The number of unbranched alkanes of at least 4 members (excludes halogenated alkanes) is 2. The molecule has 0 aromatic rings. The zero-order chi connectivity index (χ0) is 4.83. The SMILES string of the molecule is CCCCCO.[SrH2]. The molecule has 0 heterocycles. The third-order valence-corrected chi connectivity index (χ3v) is 0.762. The fraction of sp³-hybridized carbons (Fsp3) is 1.00. The van der Waals surface area contributed by atoms with E-state index in [0.29, 0.717) is 6.61 Å². The molecule has 0 fully saturated rings. The van der Waals surface area contributed by atoms with Gasteiger partial charge in [-0.1, -0.05) is 19.8 Å². The predicted molar refractivity (Wildman–Crippen MR) is 35.2 cm³/mol. The number of rotatable bonds is 3. The Morgan fingerprint density at radius 1 is 1.29 bits per heavy atom. The van der Waals surface area contributed by atoms with Crippen LogP contribution >= 0.6 is 0 Å². The summed E-state index contributed by atoms with van der Waals surface area (Å²) in [5.74, 6) is 0. The van der Waals surface area contributed by atoms with Gasteiger partial charge >= 0.3 is 45.5 Å². The van der Waals surface area contributed by atoms with Crippen molar-refractivity contribution in [3.05, 3.63) is 0 Å². The minimum atomic E-state index is 0. The molecule has 0 atom stereocenters. The van der Waals surface area contributed by atoms with Crippen LogP contribution in [0.2, 0.25) is 0 Å². The van der Waals surface area contributed by atoms with Crippen LogP contribution in [0.3, 0.4) is 0 Å². The summed E-state index contributed by atoms with van der Waals surface area (Å²) in [4.78, 5) is 0. The summed E-state index contributed by atoms with van der Waals surface area (Å²) in [6.45, 7) is 2.48. The van der Waals surface area contributed by atoms with Crippen molar-refractivity contribution in [2.45, 2.75) is 26.2 Å². The molecule has 0 spiro atoms. The van der Waals surface area contributed by atoms with Crippen LogP contribution in [0.4, 0.5) is 0 Å². The molecule has 2 heteroatoms. The Hall–Kier alpha value is 1.44. The molecule has 1 N–H and O–H groups in total. The zero-order valence-corrected chi connectivity index (χ0v) is 4.28. The van der Waals surface area contributed by atoms with E-state index in [1.54, 1.807) is 0 Å². The van der Waals surface area contributed by atoms with Crippen molar-refractivity contribution >= 4 is 45.5 Å². The molecule has 0 aliphatic rings. The van der Waals surface area contributed by atoms with E-state index in [4.69, 9.17) is 5.11 Å². The van der Waals surface area contributed by atoms with Crippen molar-refractivity contribution < 1.29 is 5.11 Å². The molecule has 0 saturated heterocycles. The van der Waals surface area contributed by atoms with E-state index in [1.165, 1.54) is 6.42 Å². The summed E-state index contributed by atoms with van der Waals surface area (Å²) in [7, 11) is 0. The average Bonchev–Trinajstić information content (AvgIpc) is 1.61. The van der Waals surface area contributed by atoms with Gasteiger partial charge in [-0.2, -0.15) is 0 Å². The Labute approximate surface area is 82.4 Å². The number of hydrogen-bond donors (Lipinski definition) is 1. The van der Waals surface area contributed by atoms with Gasteiger partial charge in [0.25, 0.3) is 0 Å². The third-order valence-electron chi connectivity index (χ3n) is 0.762. The molecular formula is C5H14OSr. The van der Waals surface area contributed by atoms with Crippen molar-refractivity contribution in [3.63, 3.8) is 0 Å². The fourth-order valence-corrected chi connectivity index (χ4v) is 0.362. The molecule has 42 valence electrons. The van der Waals surface area contributed by atoms with E-state index in [2.05, 4.69) is 6.92 Å². The first-order valence-electron chi connectivity index (χ1n) is 2.52. The molecule has 7 heavy (non-hydrogen) atoms. The van der Waals surface area contributed by atoms with Crippen LogP contribution in [-0.2, 0) is 0 Å². The minimum absolute atomic E-state index is 0. The molecule has 0 radical (unpaired) electrons. The van der Waals surface area contributed by atoms with Gasteiger partial charge in [0.05, 0.1) is 0 Å². The van der Waals surface area contributed by atoms with Crippen LogP contribution in [0.25, 0.3) is 0 Å². The normalized spacial score (nSPS) is 7.71. The summed E-state index contributed by atoms with van der Waals surface area (Å²) in [5.41, 5.74) is 0. The Morgan fingerprint density at radius 2 is 1.86 bits per heavy atom. The van der Waals surface area contributed by atoms with Crippen molar-refractivity contribution in [1.82, 2.24) is 0 Å². The maximum absolute atomic E-state index is 8.20. The van der Waals surface area contributed by atoms with Gasteiger partial charge in [0, 0.05) is 6.61 Å². The van der Waals surface area contributed by atoms with Gasteiger partial charge in [0.1, 0.15) is 0 Å². The number of aliphatic hydroxyl groups is 1. The Balaban J connectivity index is 0. The second-order valence-electron chi connectivity index (χ2n) is 1.43. The van der Waals surface area contributed by atoms with Gasteiger partial charge in [0.2, 0.25) is 0 Å². The van der Waals surface area contributed by atoms with Gasteiger partial charge in [0.15, 0.2) is 0 Å². The number of hydrogen-bond acceptors (Lipinski definition) is 1. The average molecular weight is 178 g/mol. The van der Waals surface area contributed by atoms with E-state index in [1.807, 2.05) is 0 Å². The topological polar surface area (TPSA) is 20.2 Å². The second-order valence-corrected chi connectivity index (χ2v) is 1.43. The third kappa shape index (κ3) is 11.2. The Bertz CT molecular complexity index is 20.0. The molecule has 0 aromatic carbocycles. The Kier molecular flexibility index (Phi) is 16.8. The molecule has 0 aliphatic heterocycles. The van der Waals surface area contributed by atoms with E-state index < -0.39 is 0 Å². The van der Waals surface area contributed by atoms with Gasteiger partial charge < -0.3 is 5.11 Å². The van der Waals surface area contributed by atoms with Gasteiger partial charge in [-0.05, 0) is 6.42 Å². The molecule has 0 aromatic heterocycles. The molecule has 0 bridgehead atoms. The van der Waals surface area contributed by atoms with Crippen LogP contribution in [0, 0.1) is 0 Å². The second kappa shape index (κ2) is 10.4. The summed E-state index contributed by atoms with van der Waals surface area (Å²) >= 11 is 0. The number of aliphatic hydroxyl groups excluding tert-OH is 1. The molecule has 0 saturated carbocycles. The van der Waals surface area contributed by atoms with E-state index in [0.717, 1.165) is 12.8 Å². The first-order valence-corrected chi connectivity index (χ1v) is 2.52. The first kappa shape index (κ1) is 11.3. The predicted octanol–water partition coefficient (Wildman–Crippen LogP) is 0.253. The zero-order valence-electron chi connectivity index (χ0n) is 4.28. The first-order chi connectivity index (χ1) is 2.91. The van der Waals surface area contributed by atoms with E-state index >= 15 is 0 Å². The summed E-state index contributed by atoms with van der Waals surface area (Å²) in [6, 6.07) is 0. The molecule has 0 amide bonds. The molecule has 0 unspecified atom stereocenters. The molecule has 1 nitrogen and oxygen atoms in total. The van der Waals surface area contributed by atoms with Crippen molar-refractivity contribution in [2.75, 3.05) is 6.61 Å². The van der Waals surface area contributed by atoms with Crippen molar-refractivity contribution in [3.8, 4) is 0 Å². The quantitative estimate of drug-likeness (QED) is 0.485. The standard InChI is InChI=1S/C5H12O.Sr.2H/c1-2-3-4-5-6;;;/h6H,2-5H2,1H3;;;. The van der Waals surface area contributed by atoms with Gasteiger partial charge in [-0.25, -0.2) is 0 Å². The summed E-state index contributed by atoms with van der Waals surface area (Å²) < 4.78 is 0. The van der Waals surface area contributed by atoms with Crippen LogP contribution in [0.1, 0.15) is 26.2 Å². The van der Waals surface area contributed by atoms with Gasteiger partial charge in [-0.15, -0.1) is 0 Å². The molecular weight excluding hydrogens is 164 g/mol. The Morgan fingerprint density at radius 3 is 2.00 bits per heavy atom. The molecule has 0 rings (SSSR count).